The first-order valence-corrected chi connectivity index (χ1v) is 22.1. The van der Waals surface area contributed by atoms with E-state index < -0.39 is 55.1 Å². The van der Waals surface area contributed by atoms with E-state index in [9.17, 15) is 16.8 Å². The molecular formula is C42H53Cl3N8O5S2. The Morgan fingerprint density at radius 3 is 1.77 bits per heavy atom. The van der Waals surface area contributed by atoms with Gasteiger partial charge in [-0.2, -0.15) is 9.97 Å². The van der Waals surface area contributed by atoms with Crippen molar-refractivity contribution in [3.8, 4) is 5.75 Å². The summed E-state index contributed by atoms with van der Waals surface area (Å²) in [6.07, 6.45) is 1.39. The average Bonchev–Trinajstić information content (AvgIpc) is 3.16. The first-order valence-electron chi connectivity index (χ1n) is 21.5. The van der Waals surface area contributed by atoms with E-state index in [4.69, 9.17) is 49.1 Å². The van der Waals surface area contributed by atoms with Gasteiger partial charge in [0, 0.05) is 8.22 Å². The van der Waals surface area contributed by atoms with E-state index in [1.165, 1.54) is 52.2 Å². The molecule has 13 nitrogen and oxygen atoms in total. The van der Waals surface area contributed by atoms with Gasteiger partial charge in [-0.1, -0.05) is 54.9 Å². The maximum atomic E-state index is 13.1. The minimum absolute atomic E-state index is 0. The second kappa shape index (κ2) is 21.0. The van der Waals surface area contributed by atoms with Gasteiger partial charge in [-0.25, -0.2) is 26.8 Å². The van der Waals surface area contributed by atoms with E-state index in [0.29, 0.717) is 11.3 Å². The third-order valence-electron chi connectivity index (χ3n) is 8.64. The lowest BCUT2D eigenvalue weighted by Gasteiger charge is -2.26. The number of nitrogens with zero attached hydrogens (tertiary/aromatic N) is 4. The number of rotatable bonds is 13. The fourth-order valence-electron chi connectivity index (χ4n) is 5.62. The van der Waals surface area contributed by atoms with Crippen molar-refractivity contribution in [1.29, 1.82) is 0 Å². The van der Waals surface area contributed by atoms with Crippen LogP contribution in [0.5, 0.6) is 5.75 Å². The number of ether oxygens (including phenoxy) is 1. The van der Waals surface area contributed by atoms with Gasteiger partial charge in [-0.3, -0.25) is 0 Å². The average molecular weight is 927 g/mol. The van der Waals surface area contributed by atoms with Gasteiger partial charge < -0.3 is 26.0 Å². The predicted molar refractivity (Wildman–Crippen MR) is 245 cm³/mol. The largest absolute Gasteiger partial charge is 0.489 e. The van der Waals surface area contributed by atoms with E-state index >= 15 is 0 Å². The molecule has 60 heavy (non-hydrogen) atoms. The van der Waals surface area contributed by atoms with Gasteiger partial charge in [0.2, 0.25) is 11.2 Å². The number of aryl methyl sites for hydroxylation is 1. The summed E-state index contributed by atoms with van der Waals surface area (Å²) < 4.78 is 114. The van der Waals surface area contributed by atoms with Crippen molar-refractivity contribution in [3.63, 3.8) is 0 Å². The summed E-state index contributed by atoms with van der Waals surface area (Å²) >= 11 is 18.1. The van der Waals surface area contributed by atoms with Crippen LogP contribution >= 0.6 is 34.8 Å². The van der Waals surface area contributed by atoms with E-state index in [1.807, 2.05) is 6.92 Å². The fourth-order valence-corrected chi connectivity index (χ4v) is 8.24. The van der Waals surface area contributed by atoms with Gasteiger partial charge in [-0.15, -0.1) is 0 Å². The molecule has 6 rings (SSSR count). The molecule has 0 atom stereocenters. The Morgan fingerprint density at radius 2 is 1.25 bits per heavy atom. The molecule has 0 spiro atoms. The monoisotopic (exact) mass is 925 g/mol. The fraction of sp³-hybridized carbons (Fsp3) is 0.381. The van der Waals surface area contributed by atoms with Crippen molar-refractivity contribution in [2.75, 3.05) is 28.9 Å². The first kappa shape index (κ1) is 38.7. The molecule has 18 heteroatoms. The molecule has 3 aromatic carbocycles. The summed E-state index contributed by atoms with van der Waals surface area (Å²) in [5.41, 5.74) is 2.28. The third kappa shape index (κ3) is 12.0. The quantitative estimate of drug-likeness (QED) is 0.0821. The molecule has 5 aromatic rings. The zero-order chi connectivity index (χ0) is 49.4. The lowest BCUT2D eigenvalue weighted by molar-refractivity contribution is 0.243. The normalized spacial score (nSPS) is 17.3. The summed E-state index contributed by atoms with van der Waals surface area (Å²) in [5, 5.41) is 8.09. The molecule has 1 aliphatic heterocycles. The lowest BCUT2D eigenvalue weighted by atomic mass is 9.87. The summed E-state index contributed by atoms with van der Waals surface area (Å²) in [4.78, 5) is 16.2. The number of piperidine rings is 1. The van der Waals surface area contributed by atoms with Gasteiger partial charge >= 0.3 is 0 Å². The Balaban J connectivity index is 0.000000358. The Labute approximate surface area is 379 Å². The van der Waals surface area contributed by atoms with E-state index in [-0.39, 0.29) is 80.1 Å². The Hall–Kier alpha value is -4.25. The molecule has 2 aromatic heterocycles. The van der Waals surface area contributed by atoms with Crippen LogP contribution in [0.15, 0.2) is 82.8 Å². The van der Waals surface area contributed by atoms with Crippen molar-refractivity contribution in [3.05, 3.63) is 99.5 Å². The van der Waals surface area contributed by atoms with Crippen LogP contribution in [0.3, 0.4) is 0 Å². The number of nitrogens with one attached hydrogen (secondary N) is 4. The highest BCUT2D eigenvalue weighted by atomic mass is 35.5. The number of benzene rings is 3. The smallest absolute Gasteiger partial charge is 0.229 e. The number of hydrogen-bond acceptors (Lipinski definition) is 13. The Bertz CT molecular complexity index is 2820. The van der Waals surface area contributed by atoms with Crippen LogP contribution in [0.1, 0.15) is 88.5 Å². The minimum Gasteiger partial charge on any atom is -0.489 e. The van der Waals surface area contributed by atoms with Gasteiger partial charge in [0.15, 0.2) is 31.3 Å². The number of anilines is 6. The molecule has 1 saturated heterocycles. The van der Waals surface area contributed by atoms with Gasteiger partial charge in [-0.05, 0) is 139 Å². The molecule has 0 bridgehead atoms. The standard InChI is InChI=1S/C28H36ClN5O3S.C13H13Cl2N3O2S.CH4/c1-17(2)37-25-15-21(20-10-12-30-13-11-20)19(5)14-24(25)33-28-31-16-22(29)27(34-28)32-23-8-6-7-9-26(23)38(35,36)18(3)4;1-8(2)21(19,20)11-6-4-3-5-10(11)17-12-9(14)7-16-13(15)18-12;/h6-9,14-18,20,30H,10-13H2,1-5H3,(H2,31,32,33,34);3-8H,1-2H3,(H,16,17,18);1H4/i12D2,13D2,17D,18D;8D;. The van der Waals surface area contributed by atoms with Crippen LogP contribution in [0.25, 0.3) is 0 Å². The third-order valence-corrected chi connectivity index (χ3v) is 13.4. The first-order chi connectivity index (χ1) is 30.2. The molecule has 1 fully saturated rings. The van der Waals surface area contributed by atoms with E-state index in [2.05, 4.69) is 41.2 Å². The SMILES string of the molecule is C.[2H]C(C)(C)S(=O)(=O)c1ccccc1Nc1nc(Cl)ncc1Cl.[2H]C1([2H])CC(c2cc(OC([2H])(C)C)c(Nc3ncc(Cl)c(Nc4ccccc4S(=O)(=O)C([2H])(C)C)n3)cc2C)CC([2H])([2H])N1. The van der Waals surface area contributed by atoms with Crippen molar-refractivity contribution >= 4 is 89.1 Å². The molecule has 0 unspecified atom stereocenters. The highest BCUT2D eigenvalue weighted by Gasteiger charge is 2.25. The number of para-hydroxylation sites is 2. The second-order valence-electron chi connectivity index (χ2n) is 13.7. The van der Waals surface area contributed by atoms with Crippen LogP contribution in [0, 0.1) is 6.92 Å². The van der Waals surface area contributed by atoms with Crippen molar-refractivity contribution < 1.29 is 31.2 Å². The predicted octanol–water partition coefficient (Wildman–Crippen LogP) is 10.7. The minimum atomic E-state index is -4.04. The maximum Gasteiger partial charge on any atom is 0.229 e. The van der Waals surface area contributed by atoms with E-state index in [1.54, 1.807) is 62.4 Å². The molecule has 3 heterocycles. The van der Waals surface area contributed by atoms with Crippen LogP contribution in [0.4, 0.5) is 34.6 Å². The van der Waals surface area contributed by atoms with Gasteiger partial charge in [0.05, 0.1) is 57.1 Å². The number of aromatic nitrogens is 4. The number of halogens is 3. The number of hydrogen-bond donors (Lipinski definition) is 4. The highest BCUT2D eigenvalue weighted by molar-refractivity contribution is 7.92. The molecule has 0 aliphatic carbocycles. The lowest BCUT2D eigenvalue weighted by Crippen LogP contribution is -2.27. The van der Waals surface area contributed by atoms with Crippen molar-refractivity contribution in [2.45, 2.75) is 101 Å². The van der Waals surface area contributed by atoms with Gasteiger partial charge in [0.25, 0.3) is 0 Å². The van der Waals surface area contributed by atoms with Crippen molar-refractivity contribution in [1.82, 2.24) is 25.3 Å². The Kier molecular flexibility index (Phi) is 13.5. The van der Waals surface area contributed by atoms with E-state index in [0.717, 1.165) is 5.56 Å². The maximum absolute atomic E-state index is 13.1. The zero-order valence-electron chi connectivity index (χ0n) is 40.2. The summed E-state index contributed by atoms with van der Waals surface area (Å²) in [7, 11) is -7.90. The summed E-state index contributed by atoms with van der Waals surface area (Å²) in [6.45, 7) is 6.32. The van der Waals surface area contributed by atoms with Crippen LogP contribution in [0.2, 0.25) is 15.3 Å². The van der Waals surface area contributed by atoms with Crippen LogP contribution in [-0.4, -0.2) is 66.3 Å². The molecule has 324 valence electrons. The number of sulfone groups is 2. The second-order valence-corrected chi connectivity index (χ2v) is 19.4. The van der Waals surface area contributed by atoms with Crippen molar-refractivity contribution in [2.24, 2.45) is 0 Å². The topological polar surface area (TPSA) is 177 Å². The molecule has 0 radical (unpaired) electrons. The molecule has 1 aliphatic rings. The molecule has 0 amide bonds. The van der Waals surface area contributed by atoms with Gasteiger partial charge in [0.1, 0.15) is 15.8 Å². The van der Waals surface area contributed by atoms with Crippen LogP contribution < -0.4 is 26.0 Å². The molecule has 0 saturated carbocycles. The van der Waals surface area contributed by atoms with Crippen LogP contribution in [-0.2, 0) is 19.7 Å². The summed E-state index contributed by atoms with van der Waals surface area (Å²) in [5.74, 6) is 0.163. The zero-order valence-corrected chi connectivity index (χ0v) is 37.1. The molecular weight excluding hydrogens is 867 g/mol. The molecule has 4 N–H and O–H groups in total. The highest BCUT2D eigenvalue weighted by Crippen LogP contribution is 2.38. The Morgan fingerprint density at radius 1 is 0.750 bits per heavy atom. The summed E-state index contributed by atoms with van der Waals surface area (Å²) in [6, 6.07) is 15.8.